The maximum absolute atomic E-state index is 6.63. The van der Waals surface area contributed by atoms with Gasteiger partial charge in [-0.15, -0.1) is 0 Å². The van der Waals surface area contributed by atoms with E-state index in [1.807, 2.05) is 218 Å². The van der Waals surface area contributed by atoms with E-state index in [9.17, 15) is 0 Å². The number of hydrogen-bond donors (Lipinski definition) is 0. The van der Waals surface area contributed by atoms with Gasteiger partial charge < -0.3 is 27.0 Å². The second-order valence-electron chi connectivity index (χ2n) is 35.8. The zero-order valence-corrected chi connectivity index (χ0v) is 77.3. The standard InChI is InChI=1S/2C45H28N4O.C39H24N4O/c1-4-13-29(14-5-1)32-23-25-38-37(28-32)41-39(26-24-36-35-21-10-11-22-40(35)50-42(36)41)49(38)34-20-12-19-33(27-34)45-47-43(30-15-6-2-7-16-30)46-44(48-45)31-17-8-3-9-18-31;1-4-13-29(14-5-1)32-23-24-39-36(26-32)37-27-38-35-21-10-11-22-41(35)50-42(38)28-40(37)49(39)34-20-12-19-33(25-34)45-47-43(30-15-6-2-7-16-30)46-44(48-45)31-17-8-3-9-18-31;1-3-12-25(13-4-1)37-40-38(26-14-5-2-6-15-26)42-39(41-37)27-16-11-17-28(22-27)43-33-20-9-7-18-29(33)31-23-32-30-19-8-10-21-35(30)44-36(32)24-34(31)43/h2*1-28H;1-24H. The van der Waals surface area contributed by atoms with Crippen molar-refractivity contribution in [2.45, 2.75) is 0 Å². The lowest BCUT2D eigenvalue weighted by atomic mass is 10.0. The maximum Gasteiger partial charge on any atom is 0.164 e. The molecule has 0 fully saturated rings. The molecular formula is C129H80N12O3. The van der Waals surface area contributed by atoms with Gasteiger partial charge in [0.1, 0.15) is 33.5 Å². The van der Waals surface area contributed by atoms with Crippen LogP contribution in [0.4, 0.5) is 0 Å². The van der Waals surface area contributed by atoms with Gasteiger partial charge >= 0.3 is 0 Å². The Kier molecular flexibility index (Phi) is 20.5. The van der Waals surface area contributed by atoms with E-state index in [2.05, 4.69) is 281 Å². The molecule has 0 radical (unpaired) electrons. The van der Waals surface area contributed by atoms with Gasteiger partial charge in [0.2, 0.25) is 0 Å². The van der Waals surface area contributed by atoms with E-state index >= 15 is 0 Å². The molecule has 0 saturated carbocycles. The number of rotatable bonds is 14. The minimum Gasteiger partial charge on any atom is -0.456 e. The molecule has 20 aromatic carbocycles. The van der Waals surface area contributed by atoms with Crippen LogP contribution in [-0.2, 0) is 0 Å². The Morgan fingerprint density at radius 1 is 0.132 bits per heavy atom. The first kappa shape index (κ1) is 83.6. The van der Waals surface area contributed by atoms with E-state index in [1.54, 1.807) is 0 Å². The fraction of sp³-hybridized carbons (Fsp3) is 0. The van der Waals surface area contributed by atoms with Crippen LogP contribution in [0, 0.1) is 0 Å². The molecule has 0 spiro atoms. The third-order valence-electron chi connectivity index (χ3n) is 27.1. The second-order valence-corrected chi connectivity index (χ2v) is 35.8. The first-order valence-corrected chi connectivity index (χ1v) is 48.0. The van der Waals surface area contributed by atoms with Crippen molar-refractivity contribution in [3.8, 4) is 142 Å². The highest BCUT2D eigenvalue weighted by atomic mass is 16.3. The highest BCUT2D eigenvalue weighted by molar-refractivity contribution is 6.25. The molecule has 29 rings (SSSR count). The largest absolute Gasteiger partial charge is 0.456 e. The van der Waals surface area contributed by atoms with Crippen molar-refractivity contribution >= 4 is 131 Å². The molecule has 15 heteroatoms. The Morgan fingerprint density at radius 2 is 0.396 bits per heavy atom. The van der Waals surface area contributed by atoms with Crippen molar-refractivity contribution in [1.82, 2.24) is 58.6 Å². The quantitative estimate of drug-likeness (QED) is 0.101. The van der Waals surface area contributed by atoms with Gasteiger partial charge in [-0.05, 0) is 131 Å². The first-order valence-electron chi connectivity index (χ1n) is 48.0. The molecule has 0 bridgehead atoms. The highest BCUT2D eigenvalue weighted by Crippen LogP contribution is 2.47. The van der Waals surface area contributed by atoms with Gasteiger partial charge in [-0.2, -0.15) is 0 Å². The van der Waals surface area contributed by atoms with E-state index in [0.29, 0.717) is 52.4 Å². The summed E-state index contributed by atoms with van der Waals surface area (Å²) in [4.78, 5) is 44.6. The normalized spacial score (nSPS) is 11.6. The number of aromatic nitrogens is 12. The minimum atomic E-state index is 0.617. The van der Waals surface area contributed by atoms with Crippen molar-refractivity contribution in [3.63, 3.8) is 0 Å². The van der Waals surface area contributed by atoms with Crippen LogP contribution in [0.1, 0.15) is 0 Å². The predicted molar refractivity (Wildman–Crippen MR) is 584 cm³/mol. The van der Waals surface area contributed by atoms with E-state index < -0.39 is 0 Å². The lowest BCUT2D eigenvalue weighted by Gasteiger charge is -2.12. The SMILES string of the molecule is c1ccc(-c2ccc3c(c2)c2c4oc5ccccc5c4ccc2n3-c2cccc(-c3nc(-c4ccccc4)nc(-c4ccccc4)n3)c2)cc1.c1ccc(-c2ccc3c(c2)c2cc4c(cc2n3-c2cccc(-c3nc(-c5ccccc5)nc(-c5ccccc5)n3)c2)oc2ccccc24)cc1.c1ccc(-c2nc(-c3ccccc3)nc(-c3cccc(-n4c5ccccc5c5cc6c(cc54)oc4ccccc46)c3)n2)cc1. The summed E-state index contributed by atoms with van der Waals surface area (Å²) in [6.07, 6.45) is 0. The molecule has 0 aliphatic carbocycles. The fourth-order valence-corrected chi connectivity index (χ4v) is 20.3. The summed E-state index contributed by atoms with van der Waals surface area (Å²) in [5.41, 5.74) is 27.9. The summed E-state index contributed by atoms with van der Waals surface area (Å²) in [5.74, 6) is 5.69. The number of furan rings is 3. The molecule has 9 heterocycles. The molecular weight excluding hydrogens is 1770 g/mol. The van der Waals surface area contributed by atoms with E-state index in [4.69, 9.17) is 58.1 Å². The van der Waals surface area contributed by atoms with Crippen LogP contribution >= 0.6 is 0 Å². The molecule has 15 nitrogen and oxygen atoms in total. The fourth-order valence-electron chi connectivity index (χ4n) is 20.3. The van der Waals surface area contributed by atoms with Crippen molar-refractivity contribution in [1.29, 1.82) is 0 Å². The van der Waals surface area contributed by atoms with Gasteiger partial charge in [0.05, 0.1) is 38.5 Å². The highest BCUT2D eigenvalue weighted by Gasteiger charge is 2.26. The summed E-state index contributed by atoms with van der Waals surface area (Å²) >= 11 is 0. The Balaban J connectivity index is 0.000000108. The number of para-hydroxylation sites is 4. The van der Waals surface area contributed by atoms with Crippen molar-refractivity contribution in [2.24, 2.45) is 0 Å². The monoisotopic (exact) mass is 1840 g/mol. The average molecular weight is 1850 g/mol. The summed E-state index contributed by atoms with van der Waals surface area (Å²) in [6.45, 7) is 0. The minimum absolute atomic E-state index is 0.617. The van der Waals surface area contributed by atoms with Gasteiger partial charge in [0.15, 0.2) is 52.4 Å². The van der Waals surface area contributed by atoms with E-state index in [0.717, 1.165) is 182 Å². The van der Waals surface area contributed by atoms with Crippen LogP contribution in [0.2, 0.25) is 0 Å². The Labute approximate surface area is 824 Å². The summed E-state index contributed by atoms with van der Waals surface area (Å²) < 4.78 is 26.3. The smallest absolute Gasteiger partial charge is 0.164 e. The van der Waals surface area contributed by atoms with E-state index in [1.165, 1.54) is 38.2 Å². The van der Waals surface area contributed by atoms with Crippen LogP contribution < -0.4 is 0 Å². The number of benzene rings is 20. The van der Waals surface area contributed by atoms with Gasteiger partial charge in [-0.1, -0.05) is 364 Å². The lowest BCUT2D eigenvalue weighted by molar-refractivity contribution is 0.669. The molecule has 144 heavy (non-hydrogen) atoms. The molecule has 674 valence electrons. The summed E-state index contributed by atoms with van der Waals surface area (Å²) in [5, 5.41) is 13.6. The Morgan fingerprint density at radius 3 is 0.771 bits per heavy atom. The van der Waals surface area contributed by atoms with Crippen molar-refractivity contribution in [3.05, 3.63) is 485 Å². The first-order chi connectivity index (χ1) is 71.3. The van der Waals surface area contributed by atoms with Gasteiger partial charge in [0, 0.05) is 139 Å². The van der Waals surface area contributed by atoms with Crippen LogP contribution in [0.25, 0.3) is 273 Å². The topological polar surface area (TPSA) is 170 Å². The lowest BCUT2D eigenvalue weighted by Crippen LogP contribution is -2.01. The van der Waals surface area contributed by atoms with Crippen LogP contribution in [0.3, 0.4) is 0 Å². The third-order valence-corrected chi connectivity index (χ3v) is 27.1. The molecule has 0 saturated heterocycles. The van der Waals surface area contributed by atoms with Crippen LogP contribution in [-0.4, -0.2) is 58.6 Å². The molecule has 0 N–H and O–H groups in total. The molecule has 0 amide bonds. The summed E-state index contributed by atoms with van der Waals surface area (Å²) in [6, 6.07) is 167. The Bertz CT molecular complexity index is 9670. The molecule has 29 aromatic rings. The van der Waals surface area contributed by atoms with Crippen molar-refractivity contribution in [2.75, 3.05) is 0 Å². The van der Waals surface area contributed by atoms with Crippen LogP contribution in [0.15, 0.2) is 499 Å². The van der Waals surface area contributed by atoms with E-state index in [-0.39, 0.29) is 0 Å². The average Bonchev–Trinajstić information content (AvgIpc) is 1.57. The maximum atomic E-state index is 6.63. The van der Waals surface area contributed by atoms with Gasteiger partial charge in [-0.25, -0.2) is 44.9 Å². The zero-order valence-electron chi connectivity index (χ0n) is 77.3. The number of nitrogens with zero attached hydrogens (tertiary/aromatic N) is 12. The number of hydrogen-bond acceptors (Lipinski definition) is 12. The van der Waals surface area contributed by atoms with Gasteiger partial charge in [0.25, 0.3) is 0 Å². The number of fused-ring (bicyclic) bond motifs is 19. The molecule has 0 aliphatic heterocycles. The molecule has 9 aromatic heterocycles. The van der Waals surface area contributed by atoms with Crippen molar-refractivity contribution < 1.29 is 13.3 Å². The molecule has 0 unspecified atom stereocenters. The van der Waals surface area contributed by atoms with Gasteiger partial charge in [-0.3, -0.25) is 0 Å². The van der Waals surface area contributed by atoms with Crippen LogP contribution in [0.5, 0.6) is 0 Å². The molecule has 0 atom stereocenters. The third kappa shape index (κ3) is 15.1. The predicted octanol–water partition coefficient (Wildman–Crippen LogP) is 32.9. The zero-order chi connectivity index (χ0) is 95.1. The molecule has 0 aliphatic rings. The Hall–Kier alpha value is -19.8. The summed E-state index contributed by atoms with van der Waals surface area (Å²) in [7, 11) is 0. The second kappa shape index (κ2) is 35.3.